The Morgan fingerprint density at radius 1 is 1.45 bits per heavy atom. The van der Waals surface area contributed by atoms with Crippen molar-refractivity contribution in [2.45, 2.75) is 0 Å². The van der Waals surface area contributed by atoms with E-state index in [0.717, 1.165) is 15.5 Å². The third kappa shape index (κ3) is 1.06. The fourth-order valence-electron chi connectivity index (χ4n) is 0.992. The Morgan fingerprint density at radius 3 is 3.00 bits per heavy atom. The third-order valence-electron chi connectivity index (χ3n) is 1.52. The standard InChI is InChI=1S/C7H5BrN2S/c8-6-1-3-9-7-5(6)2-4-10(7)11/h1-4,11H. The molecule has 0 atom stereocenters. The first-order valence-electron chi connectivity index (χ1n) is 3.10. The lowest BCUT2D eigenvalue weighted by atomic mass is 10.3. The number of aromatic nitrogens is 2. The second-order valence-electron chi connectivity index (χ2n) is 2.19. The Balaban J connectivity index is 2.94. The van der Waals surface area contributed by atoms with Crippen LogP contribution in [0.3, 0.4) is 0 Å². The summed E-state index contributed by atoms with van der Waals surface area (Å²) >= 11 is 7.60. The highest BCUT2D eigenvalue weighted by atomic mass is 79.9. The lowest BCUT2D eigenvalue weighted by Gasteiger charge is -1.93. The number of rotatable bonds is 0. The van der Waals surface area contributed by atoms with Gasteiger partial charge in [0.1, 0.15) is 0 Å². The van der Waals surface area contributed by atoms with Crippen LogP contribution in [0.5, 0.6) is 0 Å². The van der Waals surface area contributed by atoms with Crippen molar-refractivity contribution in [2.24, 2.45) is 0 Å². The molecule has 0 saturated carbocycles. The summed E-state index contributed by atoms with van der Waals surface area (Å²) < 4.78 is 2.75. The Hall–Kier alpha value is -0.480. The quantitative estimate of drug-likeness (QED) is 0.687. The summed E-state index contributed by atoms with van der Waals surface area (Å²) in [5.74, 6) is 0. The first-order valence-corrected chi connectivity index (χ1v) is 4.29. The van der Waals surface area contributed by atoms with Crippen molar-refractivity contribution >= 4 is 39.8 Å². The highest BCUT2D eigenvalue weighted by Gasteiger charge is 2.01. The van der Waals surface area contributed by atoms with Crippen LogP contribution in [-0.4, -0.2) is 8.96 Å². The van der Waals surface area contributed by atoms with Crippen molar-refractivity contribution < 1.29 is 0 Å². The highest BCUT2D eigenvalue weighted by molar-refractivity contribution is 9.10. The third-order valence-corrected chi connectivity index (χ3v) is 2.53. The zero-order valence-corrected chi connectivity index (χ0v) is 8.01. The maximum atomic E-state index is 4.18. The van der Waals surface area contributed by atoms with Crippen LogP contribution in [0.1, 0.15) is 0 Å². The van der Waals surface area contributed by atoms with Crippen LogP contribution in [0.4, 0.5) is 0 Å². The molecule has 0 bridgehead atoms. The Labute approximate surface area is 77.9 Å². The second-order valence-corrected chi connectivity index (χ2v) is 3.48. The number of halogens is 1. The molecular formula is C7H5BrN2S. The molecule has 2 heterocycles. The van der Waals surface area contributed by atoms with Gasteiger partial charge in [0.05, 0.1) is 0 Å². The first-order chi connectivity index (χ1) is 5.29. The summed E-state index contributed by atoms with van der Waals surface area (Å²) in [5.41, 5.74) is 0.878. The van der Waals surface area contributed by atoms with E-state index in [1.54, 1.807) is 10.2 Å². The van der Waals surface area contributed by atoms with Crippen LogP contribution in [-0.2, 0) is 0 Å². The summed E-state index contributed by atoms with van der Waals surface area (Å²) in [7, 11) is 0. The maximum absolute atomic E-state index is 4.18. The monoisotopic (exact) mass is 228 g/mol. The molecule has 2 rings (SSSR count). The molecule has 0 aliphatic rings. The lowest BCUT2D eigenvalue weighted by Crippen LogP contribution is -1.80. The summed E-state index contributed by atoms with van der Waals surface area (Å²) in [6, 6.07) is 3.88. The second kappa shape index (κ2) is 2.53. The average molecular weight is 229 g/mol. The molecule has 0 amide bonds. The van der Waals surface area contributed by atoms with Crippen LogP contribution in [0.15, 0.2) is 29.0 Å². The molecule has 56 valence electrons. The first kappa shape index (κ1) is 7.18. The summed E-state index contributed by atoms with van der Waals surface area (Å²) in [4.78, 5) is 4.16. The van der Waals surface area contributed by atoms with Gasteiger partial charge in [-0.25, -0.2) is 4.98 Å². The molecule has 2 aromatic heterocycles. The van der Waals surface area contributed by atoms with Gasteiger partial charge < -0.3 is 0 Å². The molecule has 2 aromatic rings. The fraction of sp³-hybridized carbons (Fsp3) is 0. The molecule has 0 spiro atoms. The largest absolute Gasteiger partial charge is 0.278 e. The van der Waals surface area contributed by atoms with Crippen LogP contribution < -0.4 is 0 Å². The number of thiol groups is 1. The van der Waals surface area contributed by atoms with Gasteiger partial charge in [-0.2, -0.15) is 0 Å². The van der Waals surface area contributed by atoms with Gasteiger partial charge >= 0.3 is 0 Å². The minimum Gasteiger partial charge on any atom is -0.278 e. The van der Waals surface area contributed by atoms with Crippen molar-refractivity contribution in [3.05, 3.63) is 29.0 Å². The van der Waals surface area contributed by atoms with Gasteiger partial charge in [-0.1, -0.05) is 12.8 Å². The van der Waals surface area contributed by atoms with E-state index in [9.17, 15) is 0 Å². The summed E-state index contributed by atoms with van der Waals surface area (Å²) in [6.07, 6.45) is 3.62. The topological polar surface area (TPSA) is 17.8 Å². The van der Waals surface area contributed by atoms with Crippen molar-refractivity contribution in [3.8, 4) is 0 Å². The molecule has 0 aromatic carbocycles. The summed E-state index contributed by atoms with van der Waals surface area (Å²) in [6.45, 7) is 0. The van der Waals surface area contributed by atoms with Crippen LogP contribution in [0.25, 0.3) is 11.0 Å². The average Bonchev–Trinajstić information content (AvgIpc) is 2.35. The Morgan fingerprint density at radius 2 is 2.27 bits per heavy atom. The van der Waals surface area contributed by atoms with E-state index in [4.69, 9.17) is 0 Å². The number of nitrogens with zero attached hydrogens (tertiary/aromatic N) is 2. The molecule has 0 unspecified atom stereocenters. The van der Waals surface area contributed by atoms with Gasteiger partial charge in [-0.05, 0) is 28.1 Å². The Bertz CT molecular complexity index is 396. The molecule has 0 N–H and O–H groups in total. The van der Waals surface area contributed by atoms with Crippen molar-refractivity contribution in [3.63, 3.8) is 0 Å². The predicted molar refractivity (Wildman–Crippen MR) is 51.8 cm³/mol. The van der Waals surface area contributed by atoms with E-state index >= 15 is 0 Å². The zero-order valence-electron chi connectivity index (χ0n) is 5.53. The molecule has 0 radical (unpaired) electrons. The van der Waals surface area contributed by atoms with Gasteiger partial charge in [0.25, 0.3) is 0 Å². The molecule has 0 aliphatic heterocycles. The van der Waals surface area contributed by atoms with Crippen LogP contribution in [0, 0.1) is 0 Å². The van der Waals surface area contributed by atoms with E-state index < -0.39 is 0 Å². The molecule has 11 heavy (non-hydrogen) atoms. The van der Waals surface area contributed by atoms with Crippen molar-refractivity contribution in [2.75, 3.05) is 0 Å². The molecule has 2 nitrogen and oxygen atoms in total. The van der Waals surface area contributed by atoms with E-state index in [-0.39, 0.29) is 0 Å². The minimum absolute atomic E-state index is 0.878. The SMILES string of the molecule is Sn1ccc2c(Br)ccnc21. The van der Waals surface area contributed by atoms with Gasteiger partial charge in [0.2, 0.25) is 0 Å². The lowest BCUT2D eigenvalue weighted by molar-refractivity contribution is 1.27. The van der Waals surface area contributed by atoms with Gasteiger partial charge in [0, 0.05) is 22.3 Å². The van der Waals surface area contributed by atoms with Gasteiger partial charge in [-0.15, -0.1) is 0 Å². The molecule has 0 aliphatic carbocycles. The molecular weight excluding hydrogens is 224 g/mol. The molecule has 0 saturated heterocycles. The molecule has 4 heteroatoms. The van der Waals surface area contributed by atoms with Crippen LogP contribution in [0.2, 0.25) is 0 Å². The summed E-state index contributed by atoms with van der Waals surface area (Å²) in [5, 5.41) is 1.09. The van der Waals surface area contributed by atoms with E-state index in [1.807, 2.05) is 18.3 Å². The van der Waals surface area contributed by atoms with Crippen molar-refractivity contribution in [1.29, 1.82) is 0 Å². The normalized spacial score (nSPS) is 10.7. The van der Waals surface area contributed by atoms with Crippen LogP contribution >= 0.6 is 28.7 Å². The van der Waals surface area contributed by atoms with Gasteiger partial charge in [0.15, 0.2) is 5.65 Å². The highest BCUT2D eigenvalue weighted by Crippen LogP contribution is 2.22. The fourth-order valence-corrected chi connectivity index (χ4v) is 1.65. The number of hydrogen-bond donors (Lipinski definition) is 1. The smallest absolute Gasteiger partial charge is 0.150 e. The predicted octanol–water partition coefficient (Wildman–Crippen LogP) is 2.49. The Kier molecular flexibility index (Phi) is 1.65. The van der Waals surface area contributed by atoms with E-state index in [2.05, 4.69) is 33.7 Å². The van der Waals surface area contributed by atoms with Crippen molar-refractivity contribution in [1.82, 2.24) is 8.96 Å². The zero-order chi connectivity index (χ0) is 7.84. The van der Waals surface area contributed by atoms with Gasteiger partial charge in [-0.3, -0.25) is 3.97 Å². The minimum atomic E-state index is 0.878. The number of pyridine rings is 1. The number of hydrogen-bond acceptors (Lipinski definition) is 2. The maximum Gasteiger partial charge on any atom is 0.150 e. The van der Waals surface area contributed by atoms with E-state index in [0.29, 0.717) is 0 Å². The van der Waals surface area contributed by atoms with E-state index in [1.165, 1.54) is 0 Å². The molecule has 0 fully saturated rings. The number of fused-ring (bicyclic) bond motifs is 1.